The first-order chi connectivity index (χ1) is 57.4. The molecule has 0 spiro atoms. The van der Waals surface area contributed by atoms with E-state index < -0.39 is 31.7 Å². The van der Waals surface area contributed by atoms with Crippen LogP contribution in [0.15, 0.2) is 430 Å². The monoisotopic (exact) mass is 2350 g/mol. The quantitative estimate of drug-likeness (QED) is 0.0471. The molecule has 0 atom stereocenters. The summed E-state index contributed by atoms with van der Waals surface area (Å²) in [5, 5.41) is 20.5. The Labute approximate surface area is 770 Å². The normalized spacial score (nSPS) is 10.5. The van der Waals surface area contributed by atoms with Gasteiger partial charge in [-0.05, 0) is 150 Å². The van der Waals surface area contributed by atoms with Crippen LogP contribution in [0.25, 0.3) is 87.8 Å². The Kier molecular flexibility index (Phi) is 34.6. The van der Waals surface area contributed by atoms with Crippen LogP contribution in [-0.4, -0.2) is 24.6 Å². The summed E-state index contributed by atoms with van der Waals surface area (Å²) in [6.45, 7) is 0. The first-order valence-corrected chi connectivity index (χ1v) is 45.4. The van der Waals surface area contributed by atoms with Crippen LogP contribution < -0.4 is 42.4 Å². The summed E-state index contributed by atoms with van der Waals surface area (Å²) in [4.78, 5) is 0. The van der Waals surface area contributed by atoms with Crippen LogP contribution in [0, 0.1) is 49.4 Å². The van der Waals surface area contributed by atoms with Crippen LogP contribution in [0.2, 0.25) is 0 Å². The van der Waals surface area contributed by atoms with Crippen molar-refractivity contribution in [1.29, 1.82) is 0 Å². The van der Waals surface area contributed by atoms with E-state index in [1.165, 1.54) is 67.1 Å². The Morgan fingerprint density at radius 1 is 0.183 bits per heavy atom. The molecule has 596 valence electrons. The molecule has 4 heterocycles. The van der Waals surface area contributed by atoms with Crippen LogP contribution >= 0.6 is 31.7 Å². The minimum Gasteiger partial charge on any atom is -0.458 e. The van der Waals surface area contributed by atoms with Crippen molar-refractivity contribution < 1.29 is 107 Å². The number of rotatable bonds is 14. The van der Waals surface area contributed by atoms with Crippen molar-refractivity contribution in [2.24, 2.45) is 0 Å². The van der Waals surface area contributed by atoms with E-state index in [2.05, 4.69) is 266 Å². The van der Waals surface area contributed by atoms with E-state index in [1.54, 1.807) is 0 Å². The van der Waals surface area contributed by atoms with E-state index in [0.29, 0.717) is 0 Å². The van der Waals surface area contributed by atoms with Gasteiger partial charge in [0.25, 0.3) is 0 Å². The average molecular weight is 2350 g/mol. The Bertz CT molecular complexity index is 6180. The molecule has 0 aliphatic carbocycles. The Hall–Kier alpha value is -10.4. The Balaban J connectivity index is 0.000000143. The summed E-state index contributed by atoms with van der Waals surface area (Å²) in [5.74, 6) is 9.61. The molecule has 0 aliphatic rings. The van der Waals surface area contributed by atoms with Crippen LogP contribution in [0.4, 0.5) is 0 Å². The van der Waals surface area contributed by atoms with Gasteiger partial charge >= 0.3 is 89.5 Å². The minimum atomic E-state index is -0.783. The van der Waals surface area contributed by atoms with E-state index in [-0.39, 0.29) is 89.5 Å². The third kappa shape index (κ3) is 22.4. The van der Waals surface area contributed by atoms with Gasteiger partial charge in [-0.2, -0.15) is 0 Å². The summed E-state index contributed by atoms with van der Waals surface area (Å²) >= 11 is 0. The van der Waals surface area contributed by atoms with Gasteiger partial charge in [0.1, 0.15) is 69.3 Å². The molecule has 0 N–H and O–H groups in total. The summed E-state index contributed by atoms with van der Waals surface area (Å²) in [6, 6.07) is 143. The van der Waals surface area contributed by atoms with Crippen molar-refractivity contribution in [2.45, 2.75) is 0 Å². The predicted octanol–water partition coefficient (Wildman–Crippen LogP) is 23.5. The van der Waals surface area contributed by atoms with E-state index in [1.807, 2.05) is 170 Å². The predicted molar refractivity (Wildman–Crippen MR) is 501 cm³/mol. The van der Waals surface area contributed by atoms with Crippen LogP contribution in [0.3, 0.4) is 0 Å². The smallest absolute Gasteiger partial charge is 0.458 e. The van der Waals surface area contributed by atoms with Crippen LogP contribution in [0.5, 0.6) is 0 Å². The largest absolute Gasteiger partial charge is 1.00 e. The fraction of sp³-hybridized carbons (Fsp3) is 0.0370. The second kappa shape index (κ2) is 45.9. The summed E-state index contributed by atoms with van der Waals surface area (Å²) < 4.78 is 22.7. The van der Waals surface area contributed by atoms with Gasteiger partial charge in [0.15, 0.2) is 0 Å². The Morgan fingerprint density at radius 2 is 0.408 bits per heavy atom. The molecule has 20 rings (SSSR count). The topological polar surface area (TPSA) is 52.6 Å². The van der Waals surface area contributed by atoms with Crippen molar-refractivity contribution in [2.75, 3.05) is 24.6 Å². The zero-order valence-corrected chi connectivity index (χ0v) is 77.6. The SMILES string of the molecule is [Au+].[Au+].[Au+].[Au+].[C-]#Cc1ccc2c(c1)oc1ccccc12.[C-]#Cc1ccc2oc3ccccc3c2c1.[C-]#Cc1cccc2oc3ccccc3c12.[C-]#Cc1cccc2oc3ccccc3c12.c1ccc([PH+](CC[PH+](c2ccccc2)c2ccccc2)c2ccccc2)cc1.c1ccc([PH+](CC[PH+](c2ccccc2)c2ccccc2)c2ccccc2)cc1. The first-order valence-electron chi connectivity index (χ1n) is 38.6. The van der Waals surface area contributed by atoms with Crippen molar-refractivity contribution >= 4 is 162 Å². The minimum absolute atomic E-state index is 0. The standard InChI is InChI=1S/2C26H24P2.4C14H7O.4Au/c2*1-5-13-23(14-6-1)27(24-15-7-2-8-16-24)21-22-28(25-17-9-3-10-18-25)26-19-11-4-12-20-26;2*1-2-10-6-5-9-13-14(10)11-7-3-4-8-12(11)15-13;1-2-10-7-8-14-12(9-10)11-5-3-4-6-13(11)15-14;1-2-10-7-8-12-11-5-3-4-6-13(11)15-14(12)9-10;;;;/h2*1-20H,21-22H2;4*3-9H;;;;/q;;4*-1;4*+1/p+4. The van der Waals surface area contributed by atoms with Crippen molar-refractivity contribution in [3.05, 3.63) is 460 Å². The van der Waals surface area contributed by atoms with Gasteiger partial charge in [-0.1, -0.05) is 243 Å². The summed E-state index contributed by atoms with van der Waals surface area (Å²) in [5.41, 5.74) is 9.84. The fourth-order valence-electron chi connectivity index (χ4n) is 14.8. The molecule has 120 heavy (non-hydrogen) atoms. The van der Waals surface area contributed by atoms with Crippen molar-refractivity contribution in [3.8, 4) is 23.7 Å². The van der Waals surface area contributed by atoms with Gasteiger partial charge in [0, 0.05) is 32.3 Å². The summed E-state index contributed by atoms with van der Waals surface area (Å²) in [7, 11) is -3.13. The number of benzene rings is 16. The van der Waals surface area contributed by atoms with Gasteiger partial charge in [0.2, 0.25) is 0 Å². The maximum Gasteiger partial charge on any atom is 1.00 e. The van der Waals surface area contributed by atoms with E-state index in [4.69, 9.17) is 43.4 Å². The molecule has 0 saturated carbocycles. The number of furan rings is 4. The van der Waals surface area contributed by atoms with Crippen LogP contribution in [0.1, 0.15) is 22.3 Å². The van der Waals surface area contributed by atoms with Crippen LogP contribution in [-0.2, 0) is 89.5 Å². The molecule has 12 heteroatoms. The molecular weight excluding hydrogens is 2270 g/mol. The number of fused-ring (bicyclic) bond motifs is 12. The van der Waals surface area contributed by atoms with Gasteiger partial charge in [-0.25, -0.2) is 0 Å². The third-order valence-corrected chi connectivity index (χ3v) is 32.6. The first kappa shape index (κ1) is 90.4. The van der Waals surface area contributed by atoms with E-state index >= 15 is 0 Å². The maximum atomic E-state index is 7.25. The zero-order chi connectivity index (χ0) is 79.0. The number of hydrogen-bond donors (Lipinski definition) is 0. The van der Waals surface area contributed by atoms with E-state index in [0.717, 1.165) is 110 Å². The van der Waals surface area contributed by atoms with Crippen molar-refractivity contribution in [1.82, 2.24) is 0 Å². The van der Waals surface area contributed by atoms with Gasteiger partial charge < -0.3 is 43.4 Å². The molecule has 0 saturated heterocycles. The molecule has 4 nitrogen and oxygen atoms in total. The van der Waals surface area contributed by atoms with Gasteiger partial charge in [0.05, 0.1) is 74.1 Å². The number of hydrogen-bond acceptors (Lipinski definition) is 4. The second-order valence-electron chi connectivity index (χ2n) is 27.5. The fourth-order valence-corrected chi connectivity index (χ4v) is 27.2. The molecule has 0 unspecified atom stereocenters. The number of para-hydroxylation sites is 4. The third-order valence-electron chi connectivity index (χ3n) is 20.3. The maximum absolute atomic E-state index is 7.25. The van der Waals surface area contributed by atoms with Crippen molar-refractivity contribution in [3.63, 3.8) is 0 Å². The molecule has 0 radical (unpaired) electrons. The Morgan fingerprint density at radius 3 is 0.717 bits per heavy atom. The molecular formula is C108H80Au4O4P4+4. The average Bonchev–Trinajstić information content (AvgIpc) is 1.63. The van der Waals surface area contributed by atoms with E-state index in [9.17, 15) is 0 Å². The second-order valence-corrected chi connectivity index (χ2v) is 38.0. The van der Waals surface area contributed by atoms with Gasteiger partial charge in [-0.3, -0.25) is 23.7 Å². The molecule has 4 aromatic heterocycles. The molecule has 16 aromatic carbocycles. The molecule has 0 fully saturated rings. The zero-order valence-electron chi connectivity index (χ0n) is 64.9. The molecule has 0 amide bonds. The molecule has 20 aromatic rings. The summed E-state index contributed by atoms with van der Waals surface area (Å²) in [6.07, 6.45) is 33.7. The van der Waals surface area contributed by atoms with Gasteiger partial charge in [-0.15, -0.1) is 52.6 Å². The molecule has 0 aliphatic heterocycles. The molecule has 0 bridgehead atoms.